The van der Waals surface area contributed by atoms with Crippen LogP contribution in [0.2, 0.25) is 0 Å². The van der Waals surface area contributed by atoms with Crippen molar-refractivity contribution >= 4 is 15.9 Å². The van der Waals surface area contributed by atoms with Crippen LogP contribution >= 0.6 is 0 Å². The zero-order chi connectivity index (χ0) is 22.4. The monoisotopic (exact) mass is 446 g/mol. The van der Waals surface area contributed by atoms with Crippen molar-refractivity contribution in [1.29, 1.82) is 0 Å². The summed E-state index contributed by atoms with van der Waals surface area (Å²) in [4.78, 5) is 11.9. The summed E-state index contributed by atoms with van der Waals surface area (Å²) in [5, 5.41) is 2.53. The maximum Gasteiger partial charge on any atom is 0.251 e. The second kappa shape index (κ2) is 10.2. The van der Waals surface area contributed by atoms with Crippen LogP contribution < -0.4 is 14.8 Å². The largest absolute Gasteiger partial charge is 0.497 e. The summed E-state index contributed by atoms with van der Waals surface area (Å²) in [6.07, 6.45) is 3.55. The van der Waals surface area contributed by atoms with Crippen molar-refractivity contribution in [2.75, 3.05) is 34.4 Å². The number of ether oxygens (including phenoxy) is 2. The van der Waals surface area contributed by atoms with E-state index < -0.39 is 10.0 Å². The zero-order valence-electron chi connectivity index (χ0n) is 18.3. The molecule has 3 rings (SSSR count). The van der Waals surface area contributed by atoms with Gasteiger partial charge in [0.25, 0.3) is 5.91 Å². The fourth-order valence-corrected chi connectivity index (χ4v) is 5.36. The minimum atomic E-state index is -3.55. The first-order valence-corrected chi connectivity index (χ1v) is 11.9. The van der Waals surface area contributed by atoms with E-state index in [0.717, 1.165) is 42.7 Å². The Morgan fingerprint density at radius 3 is 2.13 bits per heavy atom. The number of sulfonamides is 1. The Morgan fingerprint density at radius 1 is 1.03 bits per heavy atom. The molecule has 0 aliphatic carbocycles. The van der Waals surface area contributed by atoms with Gasteiger partial charge in [0.1, 0.15) is 11.5 Å². The molecule has 1 saturated heterocycles. The molecular formula is C23H30N2O5S. The number of piperidine rings is 1. The summed E-state index contributed by atoms with van der Waals surface area (Å²) in [7, 11) is 1.27. The molecule has 0 unspecified atom stereocenters. The highest BCUT2D eigenvalue weighted by molar-refractivity contribution is 7.89. The Balaban J connectivity index is 1.57. The standard InChI is InChI=1S/C23H30N2O5S/c1-24-23(26)19-6-8-22(9-7-19)31(27,28)25-12-10-17(11-13-25)4-5-18-14-20(29-2)16-21(15-18)30-3/h6-9,14-17H,4-5,10-13H2,1-3H3,(H,24,26). The molecule has 2 aromatic rings. The van der Waals surface area contributed by atoms with Crippen LogP contribution in [0.4, 0.5) is 0 Å². The highest BCUT2D eigenvalue weighted by atomic mass is 32.2. The van der Waals surface area contributed by atoms with E-state index in [1.807, 2.05) is 18.2 Å². The van der Waals surface area contributed by atoms with Crippen LogP contribution in [0.15, 0.2) is 47.4 Å². The molecule has 168 valence electrons. The summed E-state index contributed by atoms with van der Waals surface area (Å²) in [5.74, 6) is 1.79. The minimum absolute atomic E-state index is 0.224. The molecule has 1 fully saturated rings. The first-order valence-electron chi connectivity index (χ1n) is 10.4. The first kappa shape index (κ1) is 23.1. The molecule has 0 spiro atoms. The van der Waals surface area contributed by atoms with E-state index in [9.17, 15) is 13.2 Å². The third kappa shape index (κ3) is 5.57. The predicted octanol–water partition coefficient (Wildman–Crippen LogP) is 3.10. The highest BCUT2D eigenvalue weighted by Gasteiger charge is 2.29. The Labute approximate surface area is 184 Å². The average molecular weight is 447 g/mol. The number of nitrogens with zero attached hydrogens (tertiary/aromatic N) is 1. The number of amides is 1. The number of benzene rings is 2. The minimum Gasteiger partial charge on any atom is -0.497 e. The van der Waals surface area contributed by atoms with Gasteiger partial charge in [-0.15, -0.1) is 0 Å². The molecule has 1 heterocycles. The Bertz CT molecular complexity index is 975. The summed E-state index contributed by atoms with van der Waals surface area (Å²) in [6, 6.07) is 12.0. The number of nitrogens with one attached hydrogen (secondary N) is 1. The van der Waals surface area contributed by atoms with Gasteiger partial charge >= 0.3 is 0 Å². The molecule has 1 N–H and O–H groups in total. The van der Waals surface area contributed by atoms with E-state index >= 15 is 0 Å². The van der Waals surface area contributed by atoms with Gasteiger partial charge in [0.2, 0.25) is 10.0 Å². The van der Waals surface area contributed by atoms with E-state index in [2.05, 4.69) is 5.32 Å². The van der Waals surface area contributed by atoms with Crippen LogP contribution in [-0.4, -0.2) is 53.0 Å². The van der Waals surface area contributed by atoms with Crippen molar-refractivity contribution in [3.63, 3.8) is 0 Å². The predicted molar refractivity (Wildman–Crippen MR) is 119 cm³/mol. The van der Waals surface area contributed by atoms with Crippen LogP contribution in [0.1, 0.15) is 35.2 Å². The van der Waals surface area contributed by atoms with Crippen LogP contribution in [0.25, 0.3) is 0 Å². The van der Waals surface area contributed by atoms with Crippen molar-refractivity contribution in [3.8, 4) is 11.5 Å². The lowest BCUT2D eigenvalue weighted by molar-refractivity contribution is 0.0963. The quantitative estimate of drug-likeness (QED) is 0.674. The highest BCUT2D eigenvalue weighted by Crippen LogP contribution is 2.29. The fraction of sp³-hybridized carbons (Fsp3) is 0.435. The molecule has 0 radical (unpaired) electrons. The lowest BCUT2D eigenvalue weighted by Crippen LogP contribution is -2.38. The molecule has 8 heteroatoms. The molecule has 1 amide bonds. The van der Waals surface area contributed by atoms with Gasteiger partial charge < -0.3 is 14.8 Å². The molecule has 2 aromatic carbocycles. The van der Waals surface area contributed by atoms with E-state index in [-0.39, 0.29) is 10.8 Å². The van der Waals surface area contributed by atoms with E-state index in [0.29, 0.717) is 24.6 Å². The normalized spacial score (nSPS) is 15.5. The number of rotatable bonds is 8. The smallest absolute Gasteiger partial charge is 0.251 e. The topological polar surface area (TPSA) is 84.9 Å². The molecule has 0 saturated carbocycles. The molecule has 0 bridgehead atoms. The third-order valence-corrected chi connectivity index (χ3v) is 7.72. The van der Waals surface area contributed by atoms with Crippen molar-refractivity contribution in [2.45, 2.75) is 30.6 Å². The van der Waals surface area contributed by atoms with Gasteiger partial charge in [-0.1, -0.05) is 0 Å². The van der Waals surface area contributed by atoms with Crippen molar-refractivity contribution in [1.82, 2.24) is 9.62 Å². The molecular weight excluding hydrogens is 416 g/mol. The van der Waals surface area contributed by atoms with Crippen LogP contribution in [-0.2, 0) is 16.4 Å². The molecule has 7 nitrogen and oxygen atoms in total. The first-order chi connectivity index (χ1) is 14.9. The molecule has 31 heavy (non-hydrogen) atoms. The number of hydrogen-bond donors (Lipinski definition) is 1. The van der Waals surface area contributed by atoms with Crippen molar-refractivity contribution in [3.05, 3.63) is 53.6 Å². The van der Waals surface area contributed by atoms with E-state index in [1.54, 1.807) is 37.7 Å². The van der Waals surface area contributed by atoms with Gasteiger partial charge in [-0.05, 0) is 73.6 Å². The molecule has 1 aliphatic heterocycles. The summed E-state index contributed by atoms with van der Waals surface area (Å²) in [6.45, 7) is 1.01. The number of carbonyl (C=O) groups is 1. The van der Waals surface area contributed by atoms with E-state index in [4.69, 9.17) is 9.47 Å². The van der Waals surface area contributed by atoms with Gasteiger partial charge in [0, 0.05) is 31.8 Å². The Kier molecular flexibility index (Phi) is 7.56. The SMILES string of the molecule is CNC(=O)c1ccc(S(=O)(=O)N2CCC(CCc3cc(OC)cc(OC)c3)CC2)cc1. The van der Waals surface area contributed by atoms with E-state index in [1.165, 1.54) is 12.1 Å². The lowest BCUT2D eigenvalue weighted by atomic mass is 9.91. The number of hydrogen-bond acceptors (Lipinski definition) is 5. The zero-order valence-corrected chi connectivity index (χ0v) is 19.1. The number of carbonyl (C=O) groups excluding carboxylic acids is 1. The fourth-order valence-electron chi connectivity index (χ4n) is 3.89. The number of aryl methyl sites for hydroxylation is 1. The van der Waals surface area contributed by atoms with Crippen LogP contribution in [0.3, 0.4) is 0 Å². The Morgan fingerprint density at radius 2 is 1.61 bits per heavy atom. The Hall–Kier alpha value is -2.58. The summed E-state index contributed by atoms with van der Waals surface area (Å²) in [5.41, 5.74) is 1.59. The van der Waals surface area contributed by atoms with Crippen molar-refractivity contribution in [2.24, 2.45) is 5.92 Å². The second-order valence-electron chi connectivity index (χ2n) is 7.71. The third-order valence-electron chi connectivity index (χ3n) is 5.81. The lowest BCUT2D eigenvalue weighted by Gasteiger charge is -2.31. The van der Waals surface area contributed by atoms with Crippen LogP contribution in [0, 0.1) is 5.92 Å². The van der Waals surface area contributed by atoms with Crippen LogP contribution in [0.5, 0.6) is 11.5 Å². The van der Waals surface area contributed by atoms with Crippen molar-refractivity contribution < 1.29 is 22.7 Å². The maximum absolute atomic E-state index is 13.0. The van der Waals surface area contributed by atoms with Gasteiger partial charge in [-0.25, -0.2) is 8.42 Å². The average Bonchev–Trinajstić information content (AvgIpc) is 2.82. The van der Waals surface area contributed by atoms with Gasteiger partial charge in [0.15, 0.2) is 0 Å². The summed E-state index contributed by atoms with van der Waals surface area (Å²) < 4.78 is 38.1. The number of methoxy groups -OCH3 is 2. The summed E-state index contributed by atoms with van der Waals surface area (Å²) >= 11 is 0. The molecule has 0 atom stereocenters. The van der Waals surface area contributed by atoms with Gasteiger partial charge in [0.05, 0.1) is 19.1 Å². The van der Waals surface area contributed by atoms with Gasteiger partial charge in [-0.2, -0.15) is 4.31 Å². The molecule has 0 aromatic heterocycles. The molecule has 1 aliphatic rings. The maximum atomic E-state index is 13.0. The second-order valence-corrected chi connectivity index (χ2v) is 9.65. The van der Waals surface area contributed by atoms with Gasteiger partial charge in [-0.3, -0.25) is 4.79 Å².